The van der Waals surface area contributed by atoms with E-state index in [9.17, 15) is 14.7 Å². The molecule has 3 rings (SSSR count). The van der Waals surface area contributed by atoms with Gasteiger partial charge in [0.05, 0.1) is 5.39 Å². The fourth-order valence-corrected chi connectivity index (χ4v) is 4.26. The second kappa shape index (κ2) is 8.79. The first-order chi connectivity index (χ1) is 14.2. The SMILES string of the molecule is Cc1nc(NCc2ccc(C(=O)NC(C(=O)O)C(C)C)cc2)c2c(C)c(C)sc2n1. The van der Waals surface area contributed by atoms with E-state index >= 15 is 0 Å². The van der Waals surface area contributed by atoms with Gasteiger partial charge in [0.1, 0.15) is 22.5 Å². The van der Waals surface area contributed by atoms with Gasteiger partial charge in [-0.25, -0.2) is 14.8 Å². The van der Waals surface area contributed by atoms with Crippen LogP contribution in [0.3, 0.4) is 0 Å². The molecule has 0 saturated heterocycles. The molecule has 7 nitrogen and oxygen atoms in total. The number of aryl methyl sites for hydroxylation is 3. The van der Waals surface area contributed by atoms with E-state index in [2.05, 4.69) is 34.4 Å². The zero-order valence-electron chi connectivity index (χ0n) is 17.7. The highest BCUT2D eigenvalue weighted by atomic mass is 32.1. The number of hydrogen-bond donors (Lipinski definition) is 3. The molecule has 158 valence electrons. The number of carboxylic acids is 1. The first-order valence-electron chi connectivity index (χ1n) is 9.78. The number of carboxylic acid groups (broad SMARTS) is 1. The summed E-state index contributed by atoms with van der Waals surface area (Å²) in [6.45, 7) is 10.1. The molecule has 1 amide bonds. The summed E-state index contributed by atoms with van der Waals surface area (Å²) >= 11 is 1.67. The standard InChI is InChI=1S/C22H26N4O3S/c1-11(2)18(22(28)29)26-20(27)16-8-6-15(7-9-16)10-23-19-17-12(3)13(4)30-21(17)25-14(5)24-19/h6-9,11,18H,10H2,1-5H3,(H,26,27)(H,28,29)(H,23,24,25). The van der Waals surface area contributed by atoms with E-state index in [0.717, 1.165) is 27.4 Å². The lowest BCUT2D eigenvalue weighted by molar-refractivity contribution is -0.140. The molecule has 0 spiro atoms. The summed E-state index contributed by atoms with van der Waals surface area (Å²) in [6, 6.07) is 6.19. The van der Waals surface area contributed by atoms with Crippen molar-refractivity contribution >= 4 is 39.2 Å². The van der Waals surface area contributed by atoms with E-state index in [0.29, 0.717) is 12.1 Å². The van der Waals surface area contributed by atoms with Crippen LogP contribution in [0.25, 0.3) is 10.2 Å². The van der Waals surface area contributed by atoms with E-state index in [1.165, 1.54) is 10.4 Å². The van der Waals surface area contributed by atoms with Gasteiger partial charge in [0.25, 0.3) is 5.91 Å². The lowest BCUT2D eigenvalue weighted by Crippen LogP contribution is -2.44. The van der Waals surface area contributed by atoms with Gasteiger partial charge in [0.15, 0.2) is 0 Å². The van der Waals surface area contributed by atoms with Crippen LogP contribution in [0.5, 0.6) is 0 Å². The Bertz CT molecular complexity index is 1090. The summed E-state index contributed by atoms with van der Waals surface area (Å²) in [4.78, 5) is 35.0. The van der Waals surface area contributed by atoms with Crippen molar-refractivity contribution in [2.24, 2.45) is 5.92 Å². The molecule has 0 aliphatic carbocycles. The minimum Gasteiger partial charge on any atom is -0.480 e. The fraction of sp³-hybridized carbons (Fsp3) is 0.364. The van der Waals surface area contributed by atoms with Crippen LogP contribution in [0.15, 0.2) is 24.3 Å². The van der Waals surface area contributed by atoms with Crippen molar-refractivity contribution in [2.75, 3.05) is 5.32 Å². The van der Waals surface area contributed by atoms with Crippen LogP contribution in [0.4, 0.5) is 5.82 Å². The second-order valence-electron chi connectivity index (χ2n) is 7.67. The number of nitrogens with one attached hydrogen (secondary N) is 2. The highest BCUT2D eigenvalue weighted by Crippen LogP contribution is 2.33. The number of anilines is 1. The largest absolute Gasteiger partial charge is 0.480 e. The minimum atomic E-state index is -1.04. The van der Waals surface area contributed by atoms with Gasteiger partial charge >= 0.3 is 5.97 Å². The molecule has 0 aliphatic rings. The highest BCUT2D eigenvalue weighted by Gasteiger charge is 2.23. The number of aliphatic carboxylic acids is 1. The number of fused-ring (bicyclic) bond motifs is 1. The Kier molecular flexibility index (Phi) is 6.36. The Labute approximate surface area is 179 Å². The van der Waals surface area contributed by atoms with E-state index < -0.39 is 17.9 Å². The van der Waals surface area contributed by atoms with Crippen LogP contribution in [0.1, 0.15) is 46.0 Å². The summed E-state index contributed by atoms with van der Waals surface area (Å²) in [7, 11) is 0. The molecule has 0 bridgehead atoms. The van der Waals surface area contributed by atoms with Crippen molar-refractivity contribution in [1.82, 2.24) is 15.3 Å². The number of benzene rings is 1. The van der Waals surface area contributed by atoms with Gasteiger partial charge < -0.3 is 15.7 Å². The maximum atomic E-state index is 12.4. The van der Waals surface area contributed by atoms with E-state index in [4.69, 9.17) is 0 Å². The summed E-state index contributed by atoms with van der Waals surface area (Å²) in [5, 5.41) is 16.3. The number of carbonyl (C=O) groups excluding carboxylic acids is 1. The van der Waals surface area contributed by atoms with Gasteiger partial charge in [-0.3, -0.25) is 4.79 Å². The number of carbonyl (C=O) groups is 2. The maximum absolute atomic E-state index is 12.4. The molecule has 1 aromatic carbocycles. The van der Waals surface area contributed by atoms with Crippen molar-refractivity contribution in [3.8, 4) is 0 Å². The van der Waals surface area contributed by atoms with Gasteiger partial charge in [-0.05, 0) is 49.9 Å². The minimum absolute atomic E-state index is 0.202. The van der Waals surface area contributed by atoms with Crippen molar-refractivity contribution in [2.45, 2.75) is 47.2 Å². The summed E-state index contributed by atoms with van der Waals surface area (Å²) < 4.78 is 0. The third-order valence-corrected chi connectivity index (χ3v) is 6.14. The Morgan fingerprint density at radius 2 is 1.77 bits per heavy atom. The number of hydrogen-bond acceptors (Lipinski definition) is 6. The molecule has 8 heteroatoms. The molecule has 2 aromatic heterocycles. The number of thiophene rings is 1. The van der Waals surface area contributed by atoms with Crippen molar-refractivity contribution < 1.29 is 14.7 Å². The summed E-state index contributed by atoms with van der Waals surface area (Å²) in [5.41, 5.74) is 2.59. The average Bonchev–Trinajstić information content (AvgIpc) is 2.97. The van der Waals surface area contributed by atoms with Crippen LogP contribution in [0.2, 0.25) is 0 Å². The van der Waals surface area contributed by atoms with Crippen LogP contribution in [-0.4, -0.2) is 33.0 Å². The summed E-state index contributed by atoms with van der Waals surface area (Å²) in [5.74, 6) is -0.108. The first-order valence-corrected chi connectivity index (χ1v) is 10.6. The number of amides is 1. The Balaban J connectivity index is 1.72. The molecule has 0 fully saturated rings. The molecule has 2 heterocycles. The van der Waals surface area contributed by atoms with E-state index in [-0.39, 0.29) is 5.92 Å². The summed E-state index contributed by atoms with van der Waals surface area (Å²) in [6.07, 6.45) is 0. The molecule has 0 saturated carbocycles. The van der Waals surface area contributed by atoms with E-state index in [1.54, 1.807) is 37.3 Å². The van der Waals surface area contributed by atoms with Gasteiger partial charge in [-0.15, -0.1) is 11.3 Å². The fourth-order valence-electron chi connectivity index (χ4n) is 3.18. The lowest BCUT2D eigenvalue weighted by atomic mass is 10.0. The van der Waals surface area contributed by atoms with E-state index in [1.807, 2.05) is 19.1 Å². The van der Waals surface area contributed by atoms with Crippen molar-refractivity contribution in [3.63, 3.8) is 0 Å². The van der Waals surface area contributed by atoms with Gasteiger partial charge in [-0.2, -0.15) is 0 Å². The number of nitrogens with zero attached hydrogens (tertiary/aromatic N) is 2. The third kappa shape index (κ3) is 4.59. The predicted octanol–water partition coefficient (Wildman–Crippen LogP) is 4.07. The Morgan fingerprint density at radius 1 is 1.10 bits per heavy atom. The molecular formula is C22H26N4O3S. The topological polar surface area (TPSA) is 104 Å². The van der Waals surface area contributed by atoms with Crippen LogP contribution in [-0.2, 0) is 11.3 Å². The molecule has 3 aromatic rings. The zero-order valence-corrected chi connectivity index (χ0v) is 18.6. The zero-order chi connectivity index (χ0) is 22.0. The Hall–Kier alpha value is -3.00. The second-order valence-corrected chi connectivity index (χ2v) is 8.87. The van der Waals surface area contributed by atoms with Gasteiger partial charge in [0.2, 0.25) is 0 Å². The average molecular weight is 427 g/mol. The van der Waals surface area contributed by atoms with Crippen molar-refractivity contribution in [3.05, 3.63) is 51.7 Å². The van der Waals surface area contributed by atoms with Gasteiger partial charge in [0, 0.05) is 17.0 Å². The molecule has 0 aliphatic heterocycles. The molecule has 1 unspecified atom stereocenters. The third-order valence-electron chi connectivity index (χ3n) is 5.04. The Morgan fingerprint density at radius 3 is 2.37 bits per heavy atom. The first kappa shape index (κ1) is 21.7. The number of aromatic nitrogens is 2. The molecule has 0 radical (unpaired) electrons. The number of rotatable bonds is 7. The van der Waals surface area contributed by atoms with Crippen molar-refractivity contribution in [1.29, 1.82) is 0 Å². The molecule has 1 atom stereocenters. The molecule has 30 heavy (non-hydrogen) atoms. The van der Waals surface area contributed by atoms with Gasteiger partial charge in [-0.1, -0.05) is 26.0 Å². The van der Waals surface area contributed by atoms with Crippen LogP contribution < -0.4 is 10.6 Å². The lowest BCUT2D eigenvalue weighted by Gasteiger charge is -2.18. The predicted molar refractivity (Wildman–Crippen MR) is 119 cm³/mol. The molecule has 3 N–H and O–H groups in total. The quantitative estimate of drug-likeness (QED) is 0.526. The highest BCUT2D eigenvalue weighted by molar-refractivity contribution is 7.18. The smallest absolute Gasteiger partial charge is 0.326 e. The van der Waals surface area contributed by atoms with Crippen LogP contribution >= 0.6 is 11.3 Å². The molecular weight excluding hydrogens is 400 g/mol. The maximum Gasteiger partial charge on any atom is 0.326 e. The normalized spacial score (nSPS) is 12.2. The van der Waals surface area contributed by atoms with Crippen LogP contribution in [0, 0.1) is 26.7 Å². The monoisotopic (exact) mass is 426 g/mol.